The Hall–Kier alpha value is -0.530. The Morgan fingerprint density at radius 1 is 1.00 bits per heavy atom. The van der Waals surface area contributed by atoms with Crippen molar-refractivity contribution in [2.45, 2.75) is 46.1 Å². The molecule has 2 heteroatoms. The summed E-state index contributed by atoms with van der Waals surface area (Å²) in [5.74, 6) is 0. The minimum Gasteiger partial charge on any atom is -0.385 e. The van der Waals surface area contributed by atoms with E-state index in [1.165, 1.54) is 0 Å². The molecule has 1 aromatic rings. The van der Waals surface area contributed by atoms with Crippen molar-refractivity contribution in [1.82, 2.24) is 0 Å². The first-order valence-corrected chi connectivity index (χ1v) is 6.07. The molecule has 1 nitrogen and oxygen atoms in total. The molecule has 0 amide bonds. The van der Waals surface area contributed by atoms with Crippen LogP contribution in [0.4, 0.5) is 0 Å². The predicted molar refractivity (Wildman–Crippen MR) is 69.7 cm³/mol. The first kappa shape index (κ1) is 13.5. The molecule has 0 bridgehead atoms. The summed E-state index contributed by atoms with van der Waals surface area (Å²) >= 11 is 5.83. The molecular weight excluding hydrogens is 220 g/mol. The fourth-order valence-corrected chi connectivity index (χ4v) is 1.70. The van der Waals surface area contributed by atoms with Crippen molar-refractivity contribution in [3.05, 3.63) is 34.9 Å². The van der Waals surface area contributed by atoms with Gasteiger partial charge in [-0.05, 0) is 42.9 Å². The van der Waals surface area contributed by atoms with Gasteiger partial charge in [-0.3, -0.25) is 0 Å². The Labute approximate surface area is 103 Å². The Bertz CT molecular complexity index is 333. The summed E-state index contributed by atoms with van der Waals surface area (Å²) in [4.78, 5) is 0. The van der Waals surface area contributed by atoms with E-state index in [2.05, 4.69) is 20.8 Å². The lowest BCUT2D eigenvalue weighted by atomic mass is 9.82. The van der Waals surface area contributed by atoms with Crippen LogP contribution in [-0.2, 0) is 5.60 Å². The minimum atomic E-state index is -0.766. The minimum absolute atomic E-state index is 0.246. The number of hydrogen-bond donors (Lipinski definition) is 1. The molecule has 90 valence electrons. The zero-order valence-electron chi connectivity index (χ0n) is 10.5. The van der Waals surface area contributed by atoms with Crippen molar-refractivity contribution in [2.75, 3.05) is 0 Å². The third-order valence-corrected chi connectivity index (χ3v) is 3.08. The zero-order valence-corrected chi connectivity index (χ0v) is 11.3. The highest BCUT2D eigenvalue weighted by Gasteiger charge is 2.25. The van der Waals surface area contributed by atoms with Gasteiger partial charge >= 0.3 is 0 Å². The van der Waals surface area contributed by atoms with Crippen LogP contribution in [0.15, 0.2) is 24.3 Å². The van der Waals surface area contributed by atoms with Gasteiger partial charge in [-0.2, -0.15) is 0 Å². The molecule has 0 heterocycles. The van der Waals surface area contributed by atoms with Crippen molar-refractivity contribution in [3.63, 3.8) is 0 Å². The maximum Gasteiger partial charge on any atom is 0.0868 e. The zero-order chi connectivity index (χ0) is 12.4. The maximum absolute atomic E-state index is 10.4. The van der Waals surface area contributed by atoms with Crippen LogP contribution >= 0.6 is 11.6 Å². The summed E-state index contributed by atoms with van der Waals surface area (Å²) in [6.45, 7) is 8.42. The number of rotatable bonds is 3. The highest BCUT2D eigenvalue weighted by Crippen LogP contribution is 2.32. The molecule has 0 spiro atoms. The first-order chi connectivity index (χ1) is 7.21. The smallest absolute Gasteiger partial charge is 0.0868 e. The molecule has 0 aliphatic carbocycles. The molecule has 0 aliphatic heterocycles. The van der Waals surface area contributed by atoms with Crippen LogP contribution in [0.25, 0.3) is 0 Å². The summed E-state index contributed by atoms with van der Waals surface area (Å²) in [5, 5.41) is 11.1. The fourth-order valence-electron chi connectivity index (χ4n) is 1.57. The molecule has 0 radical (unpaired) electrons. The van der Waals surface area contributed by atoms with Gasteiger partial charge in [-0.15, -0.1) is 0 Å². The van der Waals surface area contributed by atoms with Crippen molar-refractivity contribution >= 4 is 11.6 Å². The van der Waals surface area contributed by atoms with Crippen molar-refractivity contribution in [1.29, 1.82) is 0 Å². The highest BCUT2D eigenvalue weighted by molar-refractivity contribution is 6.30. The highest BCUT2D eigenvalue weighted by atomic mass is 35.5. The largest absolute Gasteiger partial charge is 0.385 e. The Balaban J connectivity index is 2.73. The molecule has 1 N–H and O–H groups in total. The average Bonchev–Trinajstić information content (AvgIpc) is 2.15. The number of aliphatic hydroxyl groups is 1. The van der Waals surface area contributed by atoms with Crippen LogP contribution in [0.2, 0.25) is 5.02 Å². The number of benzene rings is 1. The molecule has 0 aromatic heterocycles. The standard InChI is InChI=1S/C14H21ClO/c1-13(2,3)9-10-14(4,16)11-5-7-12(15)8-6-11/h5-8,16H,9-10H2,1-4H3. The van der Waals surface area contributed by atoms with E-state index in [-0.39, 0.29) is 5.41 Å². The van der Waals surface area contributed by atoms with Crippen LogP contribution in [0.1, 0.15) is 46.1 Å². The summed E-state index contributed by atoms with van der Waals surface area (Å²) in [7, 11) is 0. The van der Waals surface area contributed by atoms with E-state index in [0.717, 1.165) is 18.4 Å². The van der Waals surface area contributed by atoms with Gasteiger partial charge in [0.1, 0.15) is 0 Å². The quantitative estimate of drug-likeness (QED) is 0.832. The van der Waals surface area contributed by atoms with Crippen molar-refractivity contribution in [3.8, 4) is 0 Å². The summed E-state index contributed by atoms with van der Waals surface area (Å²) < 4.78 is 0. The lowest BCUT2D eigenvalue weighted by molar-refractivity contribution is 0.0358. The molecule has 1 atom stereocenters. The van der Waals surface area contributed by atoms with Gasteiger partial charge in [0.05, 0.1) is 5.60 Å². The fraction of sp³-hybridized carbons (Fsp3) is 0.571. The van der Waals surface area contributed by atoms with E-state index in [1.807, 2.05) is 31.2 Å². The summed E-state index contributed by atoms with van der Waals surface area (Å²) in [5.41, 5.74) is 0.412. The van der Waals surface area contributed by atoms with Gasteiger partial charge < -0.3 is 5.11 Å². The maximum atomic E-state index is 10.4. The van der Waals surface area contributed by atoms with Crippen LogP contribution in [-0.4, -0.2) is 5.11 Å². The van der Waals surface area contributed by atoms with E-state index in [1.54, 1.807) is 0 Å². The average molecular weight is 241 g/mol. The van der Waals surface area contributed by atoms with Crippen LogP contribution in [0.3, 0.4) is 0 Å². The summed E-state index contributed by atoms with van der Waals surface area (Å²) in [6.07, 6.45) is 1.75. The molecule has 16 heavy (non-hydrogen) atoms. The van der Waals surface area contributed by atoms with E-state index in [0.29, 0.717) is 5.02 Å². The molecule has 1 aromatic carbocycles. The van der Waals surface area contributed by atoms with Crippen LogP contribution in [0, 0.1) is 5.41 Å². The van der Waals surface area contributed by atoms with E-state index in [9.17, 15) is 5.11 Å². The second-order valence-electron chi connectivity index (χ2n) is 5.84. The van der Waals surface area contributed by atoms with E-state index >= 15 is 0 Å². The van der Waals surface area contributed by atoms with E-state index in [4.69, 9.17) is 11.6 Å². The van der Waals surface area contributed by atoms with Crippen LogP contribution < -0.4 is 0 Å². The molecule has 0 saturated carbocycles. The molecule has 0 aliphatic rings. The Morgan fingerprint density at radius 2 is 1.50 bits per heavy atom. The topological polar surface area (TPSA) is 20.2 Å². The van der Waals surface area contributed by atoms with Gasteiger partial charge in [-0.25, -0.2) is 0 Å². The SMILES string of the molecule is CC(C)(C)CCC(C)(O)c1ccc(Cl)cc1. The molecule has 0 saturated heterocycles. The Morgan fingerprint density at radius 3 is 1.94 bits per heavy atom. The molecule has 1 unspecified atom stereocenters. The molecule has 0 fully saturated rings. The van der Waals surface area contributed by atoms with E-state index < -0.39 is 5.60 Å². The first-order valence-electron chi connectivity index (χ1n) is 5.69. The predicted octanol–water partition coefficient (Wildman–Crippen LogP) is 4.37. The second kappa shape index (κ2) is 4.77. The Kier molecular flexibility index (Phi) is 4.03. The lowest BCUT2D eigenvalue weighted by Gasteiger charge is -2.28. The summed E-state index contributed by atoms with van der Waals surface area (Å²) in [6, 6.07) is 7.43. The van der Waals surface area contributed by atoms with Crippen molar-refractivity contribution in [2.24, 2.45) is 5.41 Å². The van der Waals surface area contributed by atoms with Crippen LogP contribution in [0.5, 0.6) is 0 Å². The molecule has 1 rings (SSSR count). The third-order valence-electron chi connectivity index (χ3n) is 2.83. The number of hydrogen-bond acceptors (Lipinski definition) is 1. The van der Waals surface area contributed by atoms with Crippen molar-refractivity contribution < 1.29 is 5.11 Å². The van der Waals surface area contributed by atoms with Gasteiger partial charge in [0.25, 0.3) is 0 Å². The second-order valence-corrected chi connectivity index (χ2v) is 6.28. The van der Waals surface area contributed by atoms with Gasteiger partial charge in [0.2, 0.25) is 0 Å². The van der Waals surface area contributed by atoms with Gasteiger partial charge in [0.15, 0.2) is 0 Å². The third kappa shape index (κ3) is 4.15. The van der Waals surface area contributed by atoms with Gasteiger partial charge in [0, 0.05) is 5.02 Å². The lowest BCUT2D eigenvalue weighted by Crippen LogP contribution is -2.23. The molecular formula is C14H21ClO. The normalized spacial score (nSPS) is 15.9. The van der Waals surface area contributed by atoms with Gasteiger partial charge in [-0.1, -0.05) is 44.5 Å². The monoisotopic (exact) mass is 240 g/mol. The number of halogens is 1.